The van der Waals surface area contributed by atoms with Crippen molar-refractivity contribution in [3.8, 4) is 0 Å². The van der Waals surface area contributed by atoms with Gasteiger partial charge in [-0.25, -0.2) is 4.68 Å². The monoisotopic (exact) mass is 137 g/mol. The van der Waals surface area contributed by atoms with E-state index < -0.39 is 0 Å². The Bertz CT molecular complexity index is 211. The van der Waals surface area contributed by atoms with Crippen molar-refractivity contribution in [2.24, 2.45) is 0 Å². The minimum Gasteiger partial charge on any atom is -0.246 e. The molecule has 0 N–H and O–H groups in total. The fraction of sp³-hybridized carbons (Fsp3) is 0.714. The fourth-order valence-corrected chi connectivity index (χ4v) is 1.35. The third-order valence-electron chi connectivity index (χ3n) is 2.39. The van der Waals surface area contributed by atoms with Gasteiger partial charge in [0, 0.05) is 6.20 Å². The summed E-state index contributed by atoms with van der Waals surface area (Å²) in [5.41, 5.74) is 0.358. The molecule has 0 radical (unpaired) electrons. The van der Waals surface area contributed by atoms with Crippen molar-refractivity contribution in [1.29, 1.82) is 0 Å². The quantitative estimate of drug-likeness (QED) is 0.612. The van der Waals surface area contributed by atoms with Crippen LogP contribution < -0.4 is 0 Å². The minimum absolute atomic E-state index is 0.358. The summed E-state index contributed by atoms with van der Waals surface area (Å²) >= 11 is 0. The summed E-state index contributed by atoms with van der Waals surface area (Å²) in [6, 6.07) is 0. The van der Waals surface area contributed by atoms with Crippen LogP contribution in [0.5, 0.6) is 0 Å². The molecule has 0 amide bonds. The molecule has 0 aliphatic heterocycles. The van der Waals surface area contributed by atoms with E-state index in [4.69, 9.17) is 0 Å². The first-order chi connectivity index (χ1) is 4.87. The van der Waals surface area contributed by atoms with E-state index in [-0.39, 0.29) is 0 Å². The van der Waals surface area contributed by atoms with Crippen molar-refractivity contribution in [3.05, 3.63) is 12.4 Å². The molecule has 0 atom stereocenters. The fourth-order valence-electron chi connectivity index (χ4n) is 1.35. The highest BCUT2D eigenvalue weighted by Gasteiger charge is 2.43. The Morgan fingerprint density at radius 1 is 1.60 bits per heavy atom. The summed E-state index contributed by atoms with van der Waals surface area (Å²) in [5.74, 6) is 0. The maximum Gasteiger partial charge on any atom is 0.0693 e. The number of rotatable bonds is 2. The molecular weight excluding hydrogens is 126 g/mol. The molecule has 3 heteroatoms. The first-order valence-electron chi connectivity index (χ1n) is 3.74. The van der Waals surface area contributed by atoms with Gasteiger partial charge in [-0.15, -0.1) is 5.10 Å². The highest BCUT2D eigenvalue weighted by atomic mass is 15.5. The van der Waals surface area contributed by atoms with Crippen LogP contribution in [-0.2, 0) is 5.54 Å². The Morgan fingerprint density at radius 3 is 2.80 bits per heavy atom. The highest BCUT2D eigenvalue weighted by molar-refractivity contribution is 4.97. The van der Waals surface area contributed by atoms with Crippen LogP contribution in [0.1, 0.15) is 26.2 Å². The molecule has 1 aliphatic rings. The van der Waals surface area contributed by atoms with Crippen LogP contribution in [0.25, 0.3) is 0 Å². The van der Waals surface area contributed by atoms with Crippen LogP contribution in [0.3, 0.4) is 0 Å². The second kappa shape index (κ2) is 1.81. The Balaban J connectivity index is 2.27. The lowest BCUT2D eigenvalue weighted by Gasteiger charge is -2.10. The lowest BCUT2D eigenvalue weighted by molar-refractivity contribution is 0.407. The van der Waals surface area contributed by atoms with Gasteiger partial charge in [0.15, 0.2) is 0 Å². The van der Waals surface area contributed by atoms with Crippen molar-refractivity contribution in [3.63, 3.8) is 0 Å². The van der Waals surface area contributed by atoms with E-state index in [0.717, 1.165) is 0 Å². The summed E-state index contributed by atoms with van der Waals surface area (Å²) in [4.78, 5) is 0. The molecule has 0 spiro atoms. The molecule has 1 fully saturated rings. The third kappa shape index (κ3) is 0.664. The van der Waals surface area contributed by atoms with Gasteiger partial charge in [-0.2, -0.15) is 0 Å². The van der Waals surface area contributed by atoms with E-state index in [1.165, 1.54) is 19.3 Å². The molecule has 54 valence electrons. The molecule has 1 aliphatic carbocycles. The van der Waals surface area contributed by atoms with E-state index in [1.54, 1.807) is 6.20 Å². The highest BCUT2D eigenvalue weighted by Crippen LogP contribution is 2.45. The summed E-state index contributed by atoms with van der Waals surface area (Å²) in [5, 5.41) is 7.78. The SMILES string of the molecule is CCC1(n2ccnn2)CC1. The van der Waals surface area contributed by atoms with E-state index in [0.29, 0.717) is 5.54 Å². The first kappa shape index (κ1) is 5.89. The average Bonchev–Trinajstić information content (AvgIpc) is 2.58. The molecule has 0 bridgehead atoms. The van der Waals surface area contributed by atoms with E-state index in [1.807, 2.05) is 10.9 Å². The van der Waals surface area contributed by atoms with Crippen molar-refractivity contribution >= 4 is 0 Å². The Morgan fingerprint density at radius 2 is 2.40 bits per heavy atom. The van der Waals surface area contributed by atoms with Crippen LogP contribution in [0.15, 0.2) is 12.4 Å². The average molecular weight is 137 g/mol. The predicted molar refractivity (Wildman–Crippen MR) is 37.5 cm³/mol. The third-order valence-corrected chi connectivity index (χ3v) is 2.39. The van der Waals surface area contributed by atoms with Crippen molar-refractivity contribution < 1.29 is 0 Å². The molecule has 3 nitrogen and oxygen atoms in total. The Kier molecular flexibility index (Phi) is 1.07. The number of aromatic nitrogens is 3. The molecule has 1 heterocycles. The first-order valence-corrected chi connectivity index (χ1v) is 3.74. The van der Waals surface area contributed by atoms with Crippen LogP contribution in [0, 0.1) is 0 Å². The van der Waals surface area contributed by atoms with Crippen molar-refractivity contribution in [2.45, 2.75) is 31.7 Å². The van der Waals surface area contributed by atoms with Gasteiger partial charge < -0.3 is 0 Å². The molecule has 0 unspecified atom stereocenters. The molecular formula is C7H11N3. The lowest BCUT2D eigenvalue weighted by Crippen LogP contribution is -2.16. The second-order valence-electron chi connectivity index (χ2n) is 2.93. The van der Waals surface area contributed by atoms with Crippen LogP contribution in [0.4, 0.5) is 0 Å². The molecule has 2 rings (SSSR count). The van der Waals surface area contributed by atoms with Gasteiger partial charge in [-0.3, -0.25) is 0 Å². The van der Waals surface area contributed by atoms with Crippen LogP contribution in [0.2, 0.25) is 0 Å². The second-order valence-corrected chi connectivity index (χ2v) is 2.93. The largest absolute Gasteiger partial charge is 0.246 e. The smallest absolute Gasteiger partial charge is 0.0693 e. The zero-order chi connectivity index (χ0) is 7.03. The van der Waals surface area contributed by atoms with Crippen molar-refractivity contribution in [1.82, 2.24) is 15.0 Å². The van der Waals surface area contributed by atoms with Gasteiger partial charge >= 0.3 is 0 Å². The molecule has 1 aromatic rings. The van der Waals surface area contributed by atoms with E-state index in [9.17, 15) is 0 Å². The summed E-state index contributed by atoms with van der Waals surface area (Å²) in [6.45, 7) is 2.20. The van der Waals surface area contributed by atoms with E-state index in [2.05, 4.69) is 17.2 Å². The number of nitrogens with zero attached hydrogens (tertiary/aromatic N) is 3. The van der Waals surface area contributed by atoms with Gasteiger partial charge in [0.25, 0.3) is 0 Å². The maximum atomic E-state index is 3.99. The molecule has 0 saturated heterocycles. The predicted octanol–water partition coefficient (Wildman–Crippen LogP) is 1.18. The summed E-state index contributed by atoms with van der Waals surface area (Å²) in [7, 11) is 0. The van der Waals surface area contributed by atoms with Crippen molar-refractivity contribution in [2.75, 3.05) is 0 Å². The number of hydrogen-bond acceptors (Lipinski definition) is 2. The maximum absolute atomic E-state index is 3.99. The zero-order valence-corrected chi connectivity index (χ0v) is 6.12. The lowest BCUT2D eigenvalue weighted by atomic mass is 10.2. The van der Waals surface area contributed by atoms with Gasteiger partial charge in [0.05, 0.1) is 11.7 Å². The van der Waals surface area contributed by atoms with Crippen LogP contribution >= 0.6 is 0 Å². The van der Waals surface area contributed by atoms with Gasteiger partial charge in [-0.05, 0) is 19.3 Å². The standard InChI is InChI=1S/C7H11N3/c1-2-7(3-4-7)10-6-5-8-9-10/h5-6H,2-4H2,1H3. The Hall–Kier alpha value is -0.860. The van der Waals surface area contributed by atoms with Gasteiger partial charge in [0.2, 0.25) is 0 Å². The van der Waals surface area contributed by atoms with Gasteiger partial charge in [0.1, 0.15) is 0 Å². The molecule has 0 aromatic carbocycles. The summed E-state index contributed by atoms with van der Waals surface area (Å²) in [6.07, 6.45) is 7.42. The normalized spacial score (nSPS) is 20.9. The Labute approximate surface area is 60.0 Å². The minimum atomic E-state index is 0.358. The topological polar surface area (TPSA) is 30.7 Å². The zero-order valence-electron chi connectivity index (χ0n) is 6.12. The molecule has 10 heavy (non-hydrogen) atoms. The van der Waals surface area contributed by atoms with Gasteiger partial charge in [-0.1, -0.05) is 12.1 Å². The molecule has 1 aromatic heterocycles. The summed E-state index contributed by atoms with van der Waals surface area (Å²) < 4.78 is 1.99. The van der Waals surface area contributed by atoms with E-state index >= 15 is 0 Å². The molecule has 1 saturated carbocycles. The number of hydrogen-bond donors (Lipinski definition) is 0. The van der Waals surface area contributed by atoms with Crippen LogP contribution in [-0.4, -0.2) is 15.0 Å².